The van der Waals surface area contributed by atoms with Crippen LogP contribution in [0.25, 0.3) is 11.1 Å². The molecule has 2 aliphatic rings. The molecule has 0 saturated heterocycles. The van der Waals surface area contributed by atoms with Gasteiger partial charge in [0.1, 0.15) is 6.61 Å². The molecule has 2 aliphatic carbocycles. The number of alkyl carbamates (subject to hydrolysis) is 1. The zero-order valence-electron chi connectivity index (χ0n) is 18.3. The van der Waals surface area contributed by atoms with E-state index in [1.165, 1.54) is 0 Å². The number of ether oxygens (including phenoxy) is 1. The molecule has 2 aromatic carbocycles. The molecular formula is C25H28N2O5. The molecule has 32 heavy (non-hydrogen) atoms. The molecule has 168 valence electrons. The first-order valence-electron chi connectivity index (χ1n) is 10.8. The SMILES string of the molecule is CC(C)(CC(=O)NCC1(C(=O)O)CC1)NC(=O)OCC1c2ccccc2-c2ccccc21. The average molecular weight is 437 g/mol. The highest BCUT2D eigenvalue weighted by atomic mass is 16.5. The summed E-state index contributed by atoms with van der Waals surface area (Å²) in [6, 6.07) is 16.2. The van der Waals surface area contributed by atoms with Crippen molar-refractivity contribution in [1.82, 2.24) is 10.6 Å². The van der Waals surface area contributed by atoms with Gasteiger partial charge in [0, 0.05) is 24.4 Å². The Morgan fingerprint density at radius 2 is 1.59 bits per heavy atom. The van der Waals surface area contributed by atoms with E-state index in [-0.39, 0.29) is 31.4 Å². The summed E-state index contributed by atoms with van der Waals surface area (Å²) in [5.41, 5.74) is 2.92. The van der Waals surface area contributed by atoms with Gasteiger partial charge < -0.3 is 20.5 Å². The van der Waals surface area contributed by atoms with Crippen molar-refractivity contribution >= 4 is 18.0 Å². The number of carbonyl (C=O) groups is 3. The molecule has 3 N–H and O–H groups in total. The zero-order chi connectivity index (χ0) is 22.9. The van der Waals surface area contributed by atoms with Gasteiger partial charge in [0.05, 0.1) is 5.41 Å². The molecule has 0 aromatic heterocycles. The minimum atomic E-state index is -0.881. The molecular weight excluding hydrogens is 408 g/mol. The summed E-state index contributed by atoms with van der Waals surface area (Å²) < 4.78 is 5.55. The summed E-state index contributed by atoms with van der Waals surface area (Å²) in [4.78, 5) is 36.0. The average Bonchev–Trinajstić information content (AvgIpc) is 3.48. The first-order valence-corrected chi connectivity index (χ1v) is 10.8. The number of nitrogens with one attached hydrogen (secondary N) is 2. The second-order valence-electron chi connectivity index (χ2n) is 9.37. The van der Waals surface area contributed by atoms with Gasteiger partial charge in [-0.1, -0.05) is 48.5 Å². The number of aliphatic carboxylic acids is 1. The second kappa shape index (κ2) is 8.30. The van der Waals surface area contributed by atoms with Crippen LogP contribution in [0.2, 0.25) is 0 Å². The summed E-state index contributed by atoms with van der Waals surface area (Å²) in [7, 11) is 0. The summed E-state index contributed by atoms with van der Waals surface area (Å²) >= 11 is 0. The van der Waals surface area contributed by atoms with E-state index in [0.717, 1.165) is 22.3 Å². The van der Waals surface area contributed by atoms with E-state index in [1.807, 2.05) is 24.3 Å². The number of hydrogen-bond acceptors (Lipinski definition) is 4. The lowest BCUT2D eigenvalue weighted by Crippen LogP contribution is -2.48. The minimum Gasteiger partial charge on any atom is -0.481 e. The lowest BCUT2D eigenvalue weighted by molar-refractivity contribution is -0.143. The van der Waals surface area contributed by atoms with Gasteiger partial charge in [-0.05, 0) is 48.9 Å². The van der Waals surface area contributed by atoms with Crippen LogP contribution in [0, 0.1) is 5.41 Å². The predicted octanol–water partition coefficient (Wildman–Crippen LogP) is 3.67. The van der Waals surface area contributed by atoms with Crippen molar-refractivity contribution in [3.63, 3.8) is 0 Å². The molecule has 1 saturated carbocycles. The number of hydrogen-bond donors (Lipinski definition) is 3. The maximum Gasteiger partial charge on any atom is 0.407 e. The number of carbonyl (C=O) groups excluding carboxylic acids is 2. The van der Waals surface area contributed by atoms with Gasteiger partial charge >= 0.3 is 12.1 Å². The van der Waals surface area contributed by atoms with Crippen molar-refractivity contribution < 1.29 is 24.2 Å². The number of fused-ring (bicyclic) bond motifs is 3. The summed E-state index contributed by atoms with van der Waals surface area (Å²) in [5, 5.41) is 14.7. The van der Waals surface area contributed by atoms with Gasteiger partial charge in [-0.25, -0.2) is 4.79 Å². The van der Waals surface area contributed by atoms with E-state index in [1.54, 1.807) is 13.8 Å². The topological polar surface area (TPSA) is 105 Å². The molecule has 0 spiro atoms. The van der Waals surface area contributed by atoms with Crippen LogP contribution in [-0.4, -0.2) is 41.8 Å². The molecule has 0 atom stereocenters. The number of amides is 2. The highest BCUT2D eigenvalue weighted by molar-refractivity contribution is 5.82. The number of rotatable bonds is 8. The smallest absolute Gasteiger partial charge is 0.407 e. The molecule has 7 heteroatoms. The van der Waals surface area contributed by atoms with Crippen molar-refractivity contribution in [2.45, 2.75) is 44.6 Å². The van der Waals surface area contributed by atoms with E-state index in [2.05, 4.69) is 34.9 Å². The third kappa shape index (κ3) is 4.47. The molecule has 2 aromatic rings. The molecule has 0 bridgehead atoms. The molecule has 1 fully saturated rings. The first-order chi connectivity index (χ1) is 15.2. The van der Waals surface area contributed by atoms with Crippen molar-refractivity contribution in [3.05, 3.63) is 59.7 Å². The lowest BCUT2D eigenvalue weighted by atomic mass is 9.98. The molecule has 0 unspecified atom stereocenters. The van der Waals surface area contributed by atoms with Crippen LogP contribution in [0.15, 0.2) is 48.5 Å². The maximum atomic E-state index is 12.5. The van der Waals surface area contributed by atoms with Crippen LogP contribution in [0.1, 0.15) is 50.2 Å². The Morgan fingerprint density at radius 1 is 1.03 bits per heavy atom. The van der Waals surface area contributed by atoms with E-state index < -0.39 is 23.0 Å². The van der Waals surface area contributed by atoms with Crippen LogP contribution in [-0.2, 0) is 14.3 Å². The highest BCUT2D eigenvalue weighted by Crippen LogP contribution is 2.45. The lowest BCUT2D eigenvalue weighted by Gasteiger charge is -2.26. The fraction of sp³-hybridized carbons (Fsp3) is 0.400. The van der Waals surface area contributed by atoms with E-state index in [4.69, 9.17) is 4.74 Å². The number of benzene rings is 2. The van der Waals surface area contributed by atoms with E-state index in [9.17, 15) is 19.5 Å². The van der Waals surface area contributed by atoms with Crippen LogP contribution in [0.5, 0.6) is 0 Å². The van der Waals surface area contributed by atoms with Crippen molar-refractivity contribution in [3.8, 4) is 11.1 Å². The minimum absolute atomic E-state index is 0.0207. The van der Waals surface area contributed by atoms with Gasteiger partial charge in [0.15, 0.2) is 0 Å². The van der Waals surface area contributed by atoms with Gasteiger partial charge in [-0.15, -0.1) is 0 Å². The Hall–Kier alpha value is -3.35. The maximum absolute atomic E-state index is 12.5. The van der Waals surface area contributed by atoms with Crippen LogP contribution >= 0.6 is 0 Å². The summed E-state index contributed by atoms with van der Waals surface area (Å²) in [6.45, 7) is 3.78. The molecule has 7 nitrogen and oxygen atoms in total. The number of carboxylic acid groups (broad SMARTS) is 1. The molecule has 2 amide bonds. The predicted molar refractivity (Wildman–Crippen MR) is 119 cm³/mol. The molecule has 0 heterocycles. The van der Waals surface area contributed by atoms with Gasteiger partial charge in [-0.2, -0.15) is 0 Å². The Bertz CT molecular complexity index is 1010. The fourth-order valence-corrected chi connectivity index (χ4v) is 4.30. The van der Waals surface area contributed by atoms with Crippen LogP contribution < -0.4 is 10.6 Å². The standard InChI is InChI=1S/C25H28N2O5/c1-24(2,13-21(28)26-15-25(11-12-25)22(29)30)27-23(31)32-14-20-18-9-5-3-7-16(18)17-8-4-6-10-19(17)20/h3-10,20H,11-15H2,1-2H3,(H,26,28)(H,27,31)(H,29,30). The van der Waals surface area contributed by atoms with Crippen LogP contribution in [0.3, 0.4) is 0 Å². The Labute approximate surface area is 187 Å². The van der Waals surface area contributed by atoms with Crippen LogP contribution in [0.4, 0.5) is 4.79 Å². The van der Waals surface area contributed by atoms with E-state index >= 15 is 0 Å². The fourth-order valence-electron chi connectivity index (χ4n) is 4.30. The summed E-state index contributed by atoms with van der Waals surface area (Å²) in [5.74, 6) is -1.22. The largest absolute Gasteiger partial charge is 0.481 e. The van der Waals surface area contributed by atoms with Gasteiger partial charge in [-0.3, -0.25) is 9.59 Å². The van der Waals surface area contributed by atoms with E-state index in [0.29, 0.717) is 12.8 Å². The van der Waals surface area contributed by atoms with Crippen molar-refractivity contribution in [2.75, 3.05) is 13.2 Å². The number of carboxylic acids is 1. The summed E-state index contributed by atoms with van der Waals surface area (Å²) in [6.07, 6.45) is 0.579. The Morgan fingerprint density at radius 3 is 2.12 bits per heavy atom. The quantitative estimate of drug-likeness (QED) is 0.586. The highest BCUT2D eigenvalue weighted by Gasteiger charge is 2.50. The first kappa shape index (κ1) is 21.9. The third-order valence-electron chi connectivity index (χ3n) is 6.32. The monoisotopic (exact) mass is 436 g/mol. The van der Waals surface area contributed by atoms with Gasteiger partial charge in [0.25, 0.3) is 0 Å². The molecule has 0 aliphatic heterocycles. The van der Waals surface area contributed by atoms with Crippen molar-refractivity contribution in [2.24, 2.45) is 5.41 Å². The Kier molecular flexibility index (Phi) is 5.67. The second-order valence-corrected chi connectivity index (χ2v) is 9.37. The third-order valence-corrected chi connectivity index (χ3v) is 6.32. The van der Waals surface area contributed by atoms with Crippen molar-refractivity contribution in [1.29, 1.82) is 0 Å². The van der Waals surface area contributed by atoms with Gasteiger partial charge in [0.2, 0.25) is 5.91 Å². The molecule has 4 rings (SSSR count). The normalized spacial score (nSPS) is 15.9. The Balaban J connectivity index is 1.31. The molecule has 0 radical (unpaired) electrons. The zero-order valence-corrected chi connectivity index (χ0v) is 18.3.